The summed E-state index contributed by atoms with van der Waals surface area (Å²) in [5, 5.41) is 13.8. The summed E-state index contributed by atoms with van der Waals surface area (Å²) in [4.78, 5) is 11.8. The Balaban J connectivity index is 2.06. The highest BCUT2D eigenvalue weighted by atomic mass is 16.5. The van der Waals surface area contributed by atoms with E-state index in [0.29, 0.717) is 31.6 Å². The molecule has 1 atom stereocenters. The van der Waals surface area contributed by atoms with Gasteiger partial charge in [-0.25, -0.2) is 0 Å². The molecule has 20 heavy (non-hydrogen) atoms. The highest BCUT2D eigenvalue weighted by Crippen LogP contribution is 2.09. The molecule has 0 aliphatic carbocycles. The van der Waals surface area contributed by atoms with E-state index in [-0.39, 0.29) is 5.43 Å². The molecule has 2 rings (SSSR count). The second kappa shape index (κ2) is 7.19. The number of aromatic nitrogens is 1. The molecule has 0 fully saturated rings. The van der Waals surface area contributed by atoms with Gasteiger partial charge in [-0.05, 0) is 12.1 Å². The Kier molecular flexibility index (Phi) is 5.29. The minimum absolute atomic E-state index is 0.00422. The van der Waals surface area contributed by atoms with Crippen LogP contribution in [0.1, 0.15) is 0 Å². The van der Waals surface area contributed by atoms with Crippen LogP contribution in [0.25, 0.3) is 10.9 Å². The molecule has 1 aromatic carbocycles. The molecule has 0 spiro atoms. The Morgan fingerprint density at radius 3 is 2.95 bits per heavy atom. The molecule has 0 saturated heterocycles. The predicted molar refractivity (Wildman–Crippen MR) is 79.0 cm³/mol. The zero-order valence-corrected chi connectivity index (χ0v) is 11.6. The molecular weight excluding hydrogens is 256 g/mol. The molecule has 0 aliphatic heterocycles. The minimum Gasteiger partial charge on any atom is -0.390 e. The SMILES string of the molecule is COCCNCC(O)Cn1ccc(=O)c2ccccc21. The molecule has 0 amide bonds. The lowest BCUT2D eigenvalue weighted by atomic mass is 10.2. The number of fused-ring (bicyclic) bond motifs is 1. The normalized spacial score (nSPS) is 12.7. The molecule has 0 radical (unpaired) electrons. The smallest absolute Gasteiger partial charge is 0.189 e. The number of hydrogen-bond donors (Lipinski definition) is 2. The van der Waals surface area contributed by atoms with Crippen LogP contribution in [0.15, 0.2) is 41.3 Å². The number of ether oxygens (including phenoxy) is 1. The quantitative estimate of drug-likeness (QED) is 0.727. The van der Waals surface area contributed by atoms with Crippen molar-refractivity contribution in [3.8, 4) is 0 Å². The van der Waals surface area contributed by atoms with Crippen LogP contribution in [0, 0.1) is 0 Å². The fraction of sp³-hybridized carbons (Fsp3) is 0.400. The number of nitrogens with one attached hydrogen (secondary N) is 1. The largest absolute Gasteiger partial charge is 0.390 e. The Bertz CT molecular complexity index is 609. The maximum absolute atomic E-state index is 11.8. The first-order valence-electron chi connectivity index (χ1n) is 6.68. The Morgan fingerprint density at radius 1 is 1.35 bits per heavy atom. The monoisotopic (exact) mass is 276 g/mol. The fourth-order valence-corrected chi connectivity index (χ4v) is 2.15. The van der Waals surface area contributed by atoms with Crippen molar-refractivity contribution in [2.45, 2.75) is 12.6 Å². The van der Waals surface area contributed by atoms with Crippen molar-refractivity contribution < 1.29 is 9.84 Å². The average Bonchev–Trinajstić information content (AvgIpc) is 2.47. The van der Waals surface area contributed by atoms with Crippen LogP contribution in [-0.2, 0) is 11.3 Å². The van der Waals surface area contributed by atoms with Crippen LogP contribution >= 0.6 is 0 Å². The van der Waals surface area contributed by atoms with Gasteiger partial charge in [-0.15, -0.1) is 0 Å². The summed E-state index contributed by atoms with van der Waals surface area (Å²) in [7, 11) is 1.64. The highest BCUT2D eigenvalue weighted by molar-refractivity contribution is 5.78. The van der Waals surface area contributed by atoms with E-state index in [1.807, 2.05) is 22.8 Å². The van der Waals surface area contributed by atoms with Crippen molar-refractivity contribution in [3.05, 3.63) is 46.8 Å². The second-order valence-electron chi connectivity index (χ2n) is 4.70. The summed E-state index contributed by atoms with van der Waals surface area (Å²) in [6.45, 7) is 2.26. The van der Waals surface area contributed by atoms with Gasteiger partial charge in [0.15, 0.2) is 5.43 Å². The number of nitrogens with zero attached hydrogens (tertiary/aromatic N) is 1. The van der Waals surface area contributed by atoms with Crippen LogP contribution < -0.4 is 10.7 Å². The van der Waals surface area contributed by atoms with Gasteiger partial charge in [-0.1, -0.05) is 12.1 Å². The van der Waals surface area contributed by atoms with Gasteiger partial charge in [0.25, 0.3) is 0 Å². The van der Waals surface area contributed by atoms with Gasteiger partial charge in [0, 0.05) is 44.4 Å². The van der Waals surface area contributed by atoms with Gasteiger partial charge in [-0.3, -0.25) is 4.79 Å². The topological polar surface area (TPSA) is 63.5 Å². The first-order chi connectivity index (χ1) is 9.72. The van der Waals surface area contributed by atoms with Crippen molar-refractivity contribution in [1.82, 2.24) is 9.88 Å². The number of benzene rings is 1. The first kappa shape index (κ1) is 14.7. The lowest BCUT2D eigenvalue weighted by Gasteiger charge is -2.16. The summed E-state index contributed by atoms with van der Waals surface area (Å²) < 4.78 is 6.83. The van der Waals surface area contributed by atoms with E-state index in [4.69, 9.17) is 4.74 Å². The molecular formula is C15H20N2O3. The van der Waals surface area contributed by atoms with E-state index in [1.54, 1.807) is 19.4 Å². The van der Waals surface area contributed by atoms with Crippen LogP contribution in [-0.4, -0.2) is 42.6 Å². The van der Waals surface area contributed by atoms with Crippen molar-refractivity contribution in [3.63, 3.8) is 0 Å². The van der Waals surface area contributed by atoms with E-state index in [2.05, 4.69) is 5.32 Å². The Labute approximate surface area is 117 Å². The van der Waals surface area contributed by atoms with Crippen LogP contribution in [0.5, 0.6) is 0 Å². The maximum atomic E-state index is 11.8. The van der Waals surface area contributed by atoms with Gasteiger partial charge < -0.3 is 19.7 Å². The van der Waals surface area contributed by atoms with E-state index < -0.39 is 6.10 Å². The van der Waals surface area contributed by atoms with Gasteiger partial charge >= 0.3 is 0 Å². The number of methoxy groups -OCH3 is 1. The molecule has 0 aliphatic rings. The van der Waals surface area contributed by atoms with Crippen molar-refractivity contribution in [2.75, 3.05) is 26.8 Å². The highest BCUT2D eigenvalue weighted by Gasteiger charge is 2.07. The first-order valence-corrected chi connectivity index (χ1v) is 6.68. The average molecular weight is 276 g/mol. The zero-order valence-electron chi connectivity index (χ0n) is 11.6. The van der Waals surface area contributed by atoms with Gasteiger partial charge in [0.1, 0.15) is 0 Å². The number of hydrogen-bond acceptors (Lipinski definition) is 4. The van der Waals surface area contributed by atoms with Crippen LogP contribution in [0.3, 0.4) is 0 Å². The second-order valence-corrected chi connectivity index (χ2v) is 4.70. The number of rotatable bonds is 7. The Morgan fingerprint density at radius 2 is 2.15 bits per heavy atom. The van der Waals surface area contributed by atoms with E-state index in [0.717, 1.165) is 5.52 Å². The van der Waals surface area contributed by atoms with Crippen molar-refractivity contribution >= 4 is 10.9 Å². The van der Waals surface area contributed by atoms with Gasteiger partial charge in [0.2, 0.25) is 0 Å². The zero-order chi connectivity index (χ0) is 14.4. The molecule has 1 heterocycles. The number of para-hydroxylation sites is 1. The minimum atomic E-state index is -0.516. The fourth-order valence-electron chi connectivity index (χ4n) is 2.15. The molecule has 0 bridgehead atoms. The number of aliphatic hydroxyl groups excluding tert-OH is 1. The maximum Gasteiger partial charge on any atom is 0.189 e. The molecule has 0 saturated carbocycles. The number of aliphatic hydroxyl groups is 1. The Hall–Kier alpha value is -1.69. The molecule has 1 unspecified atom stereocenters. The molecule has 5 nitrogen and oxygen atoms in total. The lowest BCUT2D eigenvalue weighted by Crippen LogP contribution is -2.32. The standard InChI is InChI=1S/C15H20N2O3/c1-20-9-7-16-10-12(18)11-17-8-6-15(19)13-4-2-3-5-14(13)17/h2-6,8,12,16,18H,7,9-11H2,1H3. The van der Waals surface area contributed by atoms with Gasteiger partial charge in [-0.2, -0.15) is 0 Å². The van der Waals surface area contributed by atoms with E-state index >= 15 is 0 Å². The molecule has 108 valence electrons. The summed E-state index contributed by atoms with van der Waals surface area (Å²) in [5.74, 6) is 0. The van der Waals surface area contributed by atoms with Gasteiger partial charge in [0.05, 0.1) is 18.2 Å². The summed E-state index contributed by atoms with van der Waals surface area (Å²) in [6.07, 6.45) is 1.21. The lowest BCUT2D eigenvalue weighted by molar-refractivity contribution is 0.145. The molecule has 5 heteroatoms. The molecule has 2 aromatic rings. The third-order valence-electron chi connectivity index (χ3n) is 3.16. The van der Waals surface area contributed by atoms with Crippen molar-refractivity contribution in [2.24, 2.45) is 0 Å². The third kappa shape index (κ3) is 3.66. The van der Waals surface area contributed by atoms with Crippen LogP contribution in [0.4, 0.5) is 0 Å². The third-order valence-corrected chi connectivity index (χ3v) is 3.16. The van der Waals surface area contributed by atoms with E-state index in [1.165, 1.54) is 6.07 Å². The number of pyridine rings is 1. The predicted octanol–water partition coefficient (Wildman–Crippen LogP) is 0.598. The van der Waals surface area contributed by atoms with Crippen LogP contribution in [0.2, 0.25) is 0 Å². The molecule has 2 N–H and O–H groups in total. The summed E-state index contributed by atoms with van der Waals surface area (Å²) in [5.41, 5.74) is 0.848. The summed E-state index contributed by atoms with van der Waals surface area (Å²) in [6, 6.07) is 8.96. The summed E-state index contributed by atoms with van der Waals surface area (Å²) >= 11 is 0. The molecule has 1 aromatic heterocycles. The van der Waals surface area contributed by atoms with E-state index in [9.17, 15) is 9.90 Å². The van der Waals surface area contributed by atoms with Crippen molar-refractivity contribution in [1.29, 1.82) is 0 Å².